The van der Waals surface area contributed by atoms with E-state index in [0.29, 0.717) is 0 Å². The van der Waals surface area contributed by atoms with Gasteiger partial charge in [-0.15, -0.1) is 0 Å². The second-order valence-electron chi connectivity index (χ2n) is 3.38. The molecule has 1 aromatic rings. The molecule has 0 aliphatic rings. The summed E-state index contributed by atoms with van der Waals surface area (Å²) in [6.07, 6.45) is -0.828. The number of carboxylic acids is 1. The summed E-state index contributed by atoms with van der Waals surface area (Å²) in [5, 5.41) is 19.6. The maximum absolute atomic E-state index is 11.4. The minimum atomic E-state index is -1.58. The zero-order valence-electron chi connectivity index (χ0n) is 9.10. The van der Waals surface area contributed by atoms with Crippen molar-refractivity contribution in [1.29, 1.82) is 0 Å². The first-order valence-corrected chi connectivity index (χ1v) is 4.93. The molecule has 18 heavy (non-hydrogen) atoms. The van der Waals surface area contributed by atoms with Crippen molar-refractivity contribution in [1.82, 2.24) is 15.3 Å². The molecule has 9 nitrogen and oxygen atoms in total. The van der Waals surface area contributed by atoms with Gasteiger partial charge < -0.3 is 20.5 Å². The lowest BCUT2D eigenvalue weighted by atomic mass is 10.2. The summed E-state index contributed by atoms with van der Waals surface area (Å²) in [4.78, 5) is 47.6. The number of carbonyl (C=O) groups is 2. The smallest absolute Gasteiger partial charge is 0.332 e. The van der Waals surface area contributed by atoms with Crippen molar-refractivity contribution in [2.24, 2.45) is 0 Å². The molecule has 0 radical (unpaired) electrons. The van der Waals surface area contributed by atoms with Gasteiger partial charge in [-0.25, -0.2) is 9.59 Å². The van der Waals surface area contributed by atoms with Crippen LogP contribution >= 0.6 is 0 Å². The molecule has 0 spiro atoms. The summed E-state index contributed by atoms with van der Waals surface area (Å²) in [5.41, 5.74) is -1.90. The molecule has 0 saturated heterocycles. The van der Waals surface area contributed by atoms with E-state index in [2.05, 4.69) is 10.3 Å². The molecule has 9 heteroatoms. The second kappa shape index (κ2) is 5.77. The van der Waals surface area contributed by atoms with Gasteiger partial charge in [0.15, 0.2) is 6.10 Å². The van der Waals surface area contributed by atoms with E-state index in [-0.39, 0.29) is 18.5 Å². The first-order valence-electron chi connectivity index (χ1n) is 4.93. The number of carboxylic acid groups (broad SMARTS) is 1. The quantitative estimate of drug-likeness (QED) is 0.397. The first-order chi connectivity index (χ1) is 8.41. The van der Waals surface area contributed by atoms with Crippen molar-refractivity contribution in [3.63, 3.8) is 0 Å². The summed E-state index contributed by atoms with van der Waals surface area (Å²) in [6, 6.07) is 0. The van der Waals surface area contributed by atoms with E-state index < -0.39 is 29.2 Å². The van der Waals surface area contributed by atoms with Gasteiger partial charge in [0.25, 0.3) is 11.5 Å². The average Bonchev–Trinajstić information content (AvgIpc) is 2.28. The molecule has 1 aromatic heterocycles. The Kier molecular flexibility index (Phi) is 4.38. The van der Waals surface area contributed by atoms with Crippen LogP contribution in [0, 0.1) is 0 Å². The fourth-order valence-corrected chi connectivity index (χ4v) is 1.12. The second-order valence-corrected chi connectivity index (χ2v) is 3.38. The topological polar surface area (TPSA) is 152 Å². The lowest BCUT2D eigenvalue weighted by Gasteiger charge is -2.06. The molecule has 0 aliphatic heterocycles. The predicted octanol–water partition coefficient (Wildman–Crippen LogP) is -2.37. The highest BCUT2D eigenvalue weighted by Gasteiger charge is 2.14. The summed E-state index contributed by atoms with van der Waals surface area (Å²) >= 11 is 0. The third-order valence-electron chi connectivity index (χ3n) is 2.05. The number of aliphatic hydroxyl groups is 1. The Morgan fingerprint density at radius 2 is 2.06 bits per heavy atom. The van der Waals surface area contributed by atoms with Crippen LogP contribution in [0.5, 0.6) is 0 Å². The molecular weight excluding hydrogens is 246 g/mol. The number of hydrogen-bond donors (Lipinski definition) is 5. The van der Waals surface area contributed by atoms with E-state index in [1.54, 1.807) is 0 Å². The Bertz CT molecular complexity index is 560. The number of aromatic nitrogens is 2. The lowest BCUT2D eigenvalue weighted by Crippen LogP contribution is -2.35. The predicted molar refractivity (Wildman–Crippen MR) is 58.3 cm³/mol. The Hall–Kier alpha value is -2.42. The number of aromatic amines is 2. The molecule has 1 heterocycles. The van der Waals surface area contributed by atoms with Crippen molar-refractivity contribution in [3.05, 3.63) is 32.6 Å². The van der Waals surface area contributed by atoms with E-state index in [1.807, 2.05) is 4.98 Å². The minimum Gasteiger partial charge on any atom is -0.479 e. The van der Waals surface area contributed by atoms with E-state index in [4.69, 9.17) is 10.2 Å². The highest BCUT2D eigenvalue weighted by molar-refractivity contribution is 5.93. The van der Waals surface area contributed by atoms with Crippen molar-refractivity contribution < 1.29 is 19.8 Å². The molecule has 98 valence electrons. The zero-order chi connectivity index (χ0) is 13.7. The van der Waals surface area contributed by atoms with E-state index in [9.17, 15) is 19.2 Å². The van der Waals surface area contributed by atoms with Gasteiger partial charge in [0, 0.05) is 19.2 Å². The Balaban J connectivity index is 2.59. The minimum absolute atomic E-state index is 0.120. The van der Waals surface area contributed by atoms with Crippen LogP contribution in [-0.2, 0) is 4.79 Å². The third kappa shape index (κ3) is 3.56. The molecule has 1 atom stereocenters. The van der Waals surface area contributed by atoms with Crippen LogP contribution in [0.15, 0.2) is 15.8 Å². The van der Waals surface area contributed by atoms with Crippen molar-refractivity contribution in [2.45, 2.75) is 12.5 Å². The largest absolute Gasteiger partial charge is 0.479 e. The number of amides is 1. The number of aliphatic carboxylic acids is 1. The normalized spacial score (nSPS) is 11.8. The Morgan fingerprint density at radius 3 is 2.61 bits per heavy atom. The van der Waals surface area contributed by atoms with Crippen molar-refractivity contribution in [2.75, 3.05) is 6.54 Å². The van der Waals surface area contributed by atoms with Gasteiger partial charge in [0.05, 0.1) is 0 Å². The van der Waals surface area contributed by atoms with E-state index >= 15 is 0 Å². The number of rotatable bonds is 5. The molecule has 1 amide bonds. The fourth-order valence-electron chi connectivity index (χ4n) is 1.12. The first kappa shape index (κ1) is 13.6. The Labute approximate surface area is 99.5 Å². The summed E-state index contributed by atoms with van der Waals surface area (Å²) < 4.78 is 0. The lowest BCUT2D eigenvalue weighted by molar-refractivity contribution is -0.146. The summed E-state index contributed by atoms with van der Waals surface area (Å²) in [7, 11) is 0. The van der Waals surface area contributed by atoms with Crippen LogP contribution in [0.4, 0.5) is 0 Å². The number of carbonyl (C=O) groups excluding carboxylic acids is 1. The van der Waals surface area contributed by atoms with Gasteiger partial charge in [0.2, 0.25) is 0 Å². The Morgan fingerprint density at radius 1 is 1.39 bits per heavy atom. The molecule has 0 saturated carbocycles. The van der Waals surface area contributed by atoms with Crippen LogP contribution in [-0.4, -0.2) is 44.7 Å². The van der Waals surface area contributed by atoms with Crippen molar-refractivity contribution in [3.8, 4) is 0 Å². The maximum Gasteiger partial charge on any atom is 0.332 e. The highest BCUT2D eigenvalue weighted by atomic mass is 16.4. The highest BCUT2D eigenvalue weighted by Crippen LogP contribution is 1.91. The molecule has 0 fully saturated rings. The zero-order valence-corrected chi connectivity index (χ0v) is 9.10. The van der Waals surface area contributed by atoms with Crippen LogP contribution in [0.3, 0.4) is 0 Å². The SMILES string of the molecule is O=C(NCC[C@H](O)C(=O)O)c1c[nH]c(=O)[nH]c1=O. The standard InChI is InChI=1S/C9H11N3O6/c13-5(8(16)17)1-2-10-6(14)4-3-11-9(18)12-7(4)15/h3,5,13H,1-2H2,(H,10,14)(H,16,17)(H2,11,12,15,18)/t5-/m0/s1. The van der Waals surface area contributed by atoms with Crippen LogP contribution in [0.2, 0.25) is 0 Å². The third-order valence-corrected chi connectivity index (χ3v) is 2.05. The molecule has 0 bridgehead atoms. The molecular formula is C9H11N3O6. The maximum atomic E-state index is 11.4. The number of hydrogen-bond acceptors (Lipinski definition) is 5. The monoisotopic (exact) mass is 257 g/mol. The van der Waals surface area contributed by atoms with Gasteiger partial charge in [-0.3, -0.25) is 14.6 Å². The van der Waals surface area contributed by atoms with E-state index in [1.165, 1.54) is 0 Å². The average molecular weight is 257 g/mol. The van der Waals surface area contributed by atoms with Crippen LogP contribution in [0.1, 0.15) is 16.8 Å². The fraction of sp³-hybridized carbons (Fsp3) is 0.333. The van der Waals surface area contributed by atoms with Gasteiger partial charge >= 0.3 is 11.7 Å². The number of H-pyrrole nitrogens is 2. The van der Waals surface area contributed by atoms with Gasteiger partial charge in [-0.05, 0) is 0 Å². The molecule has 5 N–H and O–H groups in total. The van der Waals surface area contributed by atoms with Crippen molar-refractivity contribution >= 4 is 11.9 Å². The van der Waals surface area contributed by atoms with Gasteiger partial charge in [0.1, 0.15) is 5.56 Å². The van der Waals surface area contributed by atoms with Gasteiger partial charge in [-0.2, -0.15) is 0 Å². The molecule has 1 rings (SSSR count). The van der Waals surface area contributed by atoms with Crippen LogP contribution in [0.25, 0.3) is 0 Å². The molecule has 0 unspecified atom stereocenters. The van der Waals surface area contributed by atoms with Crippen LogP contribution < -0.4 is 16.6 Å². The summed E-state index contributed by atoms with van der Waals surface area (Å²) in [5.74, 6) is -2.17. The summed E-state index contributed by atoms with van der Waals surface area (Å²) in [6.45, 7) is -0.120. The molecule has 0 aromatic carbocycles. The van der Waals surface area contributed by atoms with E-state index in [0.717, 1.165) is 6.20 Å². The number of aliphatic hydroxyl groups excluding tert-OH is 1. The molecule has 0 aliphatic carbocycles. The number of nitrogens with one attached hydrogen (secondary N) is 3. The van der Waals surface area contributed by atoms with Gasteiger partial charge in [-0.1, -0.05) is 0 Å².